The fourth-order valence-corrected chi connectivity index (χ4v) is 3.36. The van der Waals surface area contributed by atoms with Crippen LogP contribution < -0.4 is 0 Å². The van der Waals surface area contributed by atoms with Gasteiger partial charge in [0.25, 0.3) is 5.91 Å². The minimum Gasteiger partial charge on any atom is -0.327 e. The SMILES string of the molecule is CC(C)C(=O)[C@@H]1CCCN1C(=O)c1nc(Cl)cc2ccccc12. The maximum absolute atomic E-state index is 13.0. The van der Waals surface area contributed by atoms with E-state index in [2.05, 4.69) is 4.98 Å². The van der Waals surface area contributed by atoms with Gasteiger partial charge in [0, 0.05) is 17.8 Å². The Morgan fingerprint density at radius 1 is 1.30 bits per heavy atom. The molecule has 1 aromatic heterocycles. The molecule has 5 heteroatoms. The van der Waals surface area contributed by atoms with Crippen molar-refractivity contribution in [2.75, 3.05) is 6.54 Å². The highest BCUT2D eigenvalue weighted by Crippen LogP contribution is 2.27. The third kappa shape index (κ3) is 2.95. The lowest BCUT2D eigenvalue weighted by Crippen LogP contribution is -2.42. The van der Waals surface area contributed by atoms with Gasteiger partial charge in [-0.05, 0) is 24.3 Å². The zero-order valence-electron chi connectivity index (χ0n) is 13.3. The molecule has 2 aromatic rings. The van der Waals surface area contributed by atoms with Crippen LogP contribution in [-0.4, -0.2) is 34.2 Å². The van der Waals surface area contributed by atoms with Crippen LogP contribution in [0, 0.1) is 5.92 Å². The molecular weight excluding hydrogens is 312 g/mol. The molecule has 120 valence electrons. The van der Waals surface area contributed by atoms with E-state index in [0.29, 0.717) is 12.2 Å². The highest BCUT2D eigenvalue weighted by atomic mass is 35.5. The predicted molar refractivity (Wildman–Crippen MR) is 90.7 cm³/mol. The van der Waals surface area contributed by atoms with E-state index >= 15 is 0 Å². The second-order valence-electron chi connectivity index (χ2n) is 6.23. The molecule has 1 atom stereocenters. The molecule has 0 N–H and O–H groups in total. The third-order valence-electron chi connectivity index (χ3n) is 4.32. The van der Waals surface area contributed by atoms with Crippen molar-refractivity contribution in [2.24, 2.45) is 5.92 Å². The Hall–Kier alpha value is -1.94. The fourth-order valence-electron chi connectivity index (χ4n) is 3.16. The van der Waals surface area contributed by atoms with Gasteiger partial charge in [-0.1, -0.05) is 49.7 Å². The molecule has 1 saturated heterocycles. The Kier molecular flexibility index (Phi) is 4.35. The Bertz CT molecular complexity index is 773. The summed E-state index contributed by atoms with van der Waals surface area (Å²) in [6.45, 7) is 4.33. The monoisotopic (exact) mass is 330 g/mol. The van der Waals surface area contributed by atoms with E-state index in [-0.39, 0.29) is 28.8 Å². The van der Waals surface area contributed by atoms with Crippen LogP contribution in [0.3, 0.4) is 0 Å². The molecule has 0 unspecified atom stereocenters. The van der Waals surface area contributed by atoms with Crippen molar-refractivity contribution >= 4 is 34.1 Å². The van der Waals surface area contributed by atoms with Crippen LogP contribution in [0.2, 0.25) is 5.15 Å². The number of amides is 1. The number of likely N-dealkylation sites (tertiary alicyclic amines) is 1. The lowest BCUT2D eigenvalue weighted by Gasteiger charge is -2.25. The number of pyridine rings is 1. The number of halogens is 1. The van der Waals surface area contributed by atoms with Gasteiger partial charge in [-0.15, -0.1) is 0 Å². The molecule has 1 fully saturated rings. The van der Waals surface area contributed by atoms with E-state index in [1.165, 1.54) is 0 Å². The highest BCUT2D eigenvalue weighted by molar-refractivity contribution is 6.30. The number of ketones is 1. The standard InChI is InChI=1S/C18H19ClN2O2/c1-11(2)17(22)14-8-5-9-21(14)18(23)16-13-7-4-3-6-12(13)10-15(19)20-16/h3-4,6-7,10-11,14H,5,8-9H2,1-2H3/t14-/m0/s1. The fraction of sp³-hybridized carbons (Fsp3) is 0.389. The summed E-state index contributed by atoms with van der Waals surface area (Å²) in [6, 6.07) is 8.93. The number of Topliss-reactive ketones (excluding diaryl/α,β-unsaturated/α-hetero) is 1. The largest absolute Gasteiger partial charge is 0.327 e. The van der Waals surface area contributed by atoms with Crippen molar-refractivity contribution in [3.63, 3.8) is 0 Å². The van der Waals surface area contributed by atoms with E-state index in [9.17, 15) is 9.59 Å². The van der Waals surface area contributed by atoms with Crippen LogP contribution in [-0.2, 0) is 4.79 Å². The quantitative estimate of drug-likeness (QED) is 0.806. The number of fused-ring (bicyclic) bond motifs is 1. The number of carbonyl (C=O) groups is 2. The van der Waals surface area contributed by atoms with Crippen molar-refractivity contribution in [1.29, 1.82) is 0 Å². The topological polar surface area (TPSA) is 50.3 Å². The molecule has 0 spiro atoms. The maximum Gasteiger partial charge on any atom is 0.273 e. The number of rotatable bonds is 3. The highest BCUT2D eigenvalue weighted by Gasteiger charge is 2.36. The molecule has 1 aliphatic heterocycles. The Labute approximate surface area is 140 Å². The molecule has 1 aromatic carbocycles. The van der Waals surface area contributed by atoms with E-state index in [0.717, 1.165) is 23.6 Å². The zero-order chi connectivity index (χ0) is 16.6. The average Bonchev–Trinajstić information content (AvgIpc) is 3.01. The molecule has 1 aliphatic rings. The minimum absolute atomic E-state index is 0.0857. The van der Waals surface area contributed by atoms with Crippen molar-refractivity contribution in [2.45, 2.75) is 32.7 Å². The molecule has 0 saturated carbocycles. The summed E-state index contributed by atoms with van der Waals surface area (Å²) in [5, 5.41) is 1.93. The lowest BCUT2D eigenvalue weighted by atomic mass is 9.99. The number of aromatic nitrogens is 1. The lowest BCUT2D eigenvalue weighted by molar-refractivity contribution is -0.125. The van der Waals surface area contributed by atoms with Gasteiger partial charge in [-0.3, -0.25) is 9.59 Å². The number of carbonyl (C=O) groups excluding carboxylic acids is 2. The third-order valence-corrected chi connectivity index (χ3v) is 4.52. The molecule has 1 amide bonds. The first-order valence-electron chi connectivity index (χ1n) is 7.89. The number of hydrogen-bond donors (Lipinski definition) is 0. The van der Waals surface area contributed by atoms with Gasteiger partial charge >= 0.3 is 0 Å². The predicted octanol–water partition coefficient (Wildman–Crippen LogP) is 3.72. The molecule has 3 rings (SSSR count). The summed E-state index contributed by atoms with van der Waals surface area (Å²) in [5.74, 6) is -0.181. The molecule has 0 bridgehead atoms. The van der Waals surface area contributed by atoms with Crippen LogP contribution in [0.5, 0.6) is 0 Å². The Balaban J connectivity index is 2.02. The van der Waals surface area contributed by atoms with E-state index in [4.69, 9.17) is 11.6 Å². The van der Waals surface area contributed by atoms with Crippen molar-refractivity contribution in [3.05, 3.63) is 41.2 Å². The van der Waals surface area contributed by atoms with Gasteiger partial charge in [0.05, 0.1) is 6.04 Å². The van der Waals surface area contributed by atoms with Crippen molar-refractivity contribution in [1.82, 2.24) is 9.88 Å². The molecular formula is C18H19ClN2O2. The van der Waals surface area contributed by atoms with E-state index in [1.807, 2.05) is 38.1 Å². The normalized spacial score (nSPS) is 17.9. The summed E-state index contributed by atoms with van der Waals surface area (Å²) in [7, 11) is 0. The van der Waals surface area contributed by atoms with Gasteiger partial charge in [0.2, 0.25) is 0 Å². The molecule has 0 radical (unpaired) electrons. The van der Waals surface area contributed by atoms with Crippen LogP contribution in [0.25, 0.3) is 10.8 Å². The molecule has 0 aliphatic carbocycles. The smallest absolute Gasteiger partial charge is 0.273 e. The minimum atomic E-state index is -0.345. The summed E-state index contributed by atoms with van der Waals surface area (Å²) >= 11 is 6.08. The van der Waals surface area contributed by atoms with Gasteiger partial charge in [-0.2, -0.15) is 0 Å². The summed E-state index contributed by atoms with van der Waals surface area (Å²) in [4.78, 5) is 31.3. The van der Waals surface area contributed by atoms with Crippen LogP contribution in [0.15, 0.2) is 30.3 Å². The number of hydrogen-bond acceptors (Lipinski definition) is 3. The van der Waals surface area contributed by atoms with Crippen LogP contribution >= 0.6 is 11.6 Å². The first-order chi connectivity index (χ1) is 11.0. The van der Waals surface area contributed by atoms with Gasteiger partial charge < -0.3 is 4.90 Å². The second-order valence-corrected chi connectivity index (χ2v) is 6.62. The van der Waals surface area contributed by atoms with E-state index < -0.39 is 0 Å². The van der Waals surface area contributed by atoms with Crippen LogP contribution in [0.1, 0.15) is 37.2 Å². The zero-order valence-corrected chi connectivity index (χ0v) is 14.0. The summed E-state index contributed by atoms with van der Waals surface area (Å²) in [6.07, 6.45) is 1.56. The van der Waals surface area contributed by atoms with Gasteiger partial charge in [-0.25, -0.2) is 4.98 Å². The first-order valence-corrected chi connectivity index (χ1v) is 8.27. The van der Waals surface area contributed by atoms with Crippen molar-refractivity contribution < 1.29 is 9.59 Å². The second kappa shape index (κ2) is 6.28. The molecule has 4 nitrogen and oxygen atoms in total. The maximum atomic E-state index is 13.0. The average molecular weight is 331 g/mol. The Morgan fingerprint density at radius 3 is 2.78 bits per heavy atom. The van der Waals surface area contributed by atoms with Gasteiger partial charge in [0.15, 0.2) is 5.78 Å². The van der Waals surface area contributed by atoms with E-state index in [1.54, 1.807) is 11.0 Å². The first kappa shape index (κ1) is 15.9. The Morgan fingerprint density at radius 2 is 2.04 bits per heavy atom. The van der Waals surface area contributed by atoms with Crippen molar-refractivity contribution in [3.8, 4) is 0 Å². The molecule has 2 heterocycles. The van der Waals surface area contributed by atoms with Crippen LogP contribution in [0.4, 0.5) is 0 Å². The number of nitrogens with zero attached hydrogens (tertiary/aromatic N) is 2. The van der Waals surface area contributed by atoms with Gasteiger partial charge in [0.1, 0.15) is 10.8 Å². The summed E-state index contributed by atoms with van der Waals surface area (Å²) in [5.41, 5.74) is 0.330. The number of benzene rings is 1. The molecule has 23 heavy (non-hydrogen) atoms. The summed E-state index contributed by atoms with van der Waals surface area (Å²) < 4.78 is 0.